The lowest BCUT2D eigenvalue weighted by atomic mass is 10.3. The van der Waals surface area contributed by atoms with Crippen LogP contribution in [0.4, 0.5) is 8.78 Å². The van der Waals surface area contributed by atoms with Crippen molar-refractivity contribution in [2.24, 2.45) is 0 Å². The monoisotopic (exact) mass is 289 g/mol. The normalized spacial score (nSPS) is 10.4. The second-order valence-electron chi connectivity index (χ2n) is 3.48. The summed E-state index contributed by atoms with van der Waals surface area (Å²) in [6.07, 6.45) is 0. The van der Waals surface area contributed by atoms with E-state index in [2.05, 4.69) is 4.98 Å². The highest BCUT2D eigenvalue weighted by molar-refractivity contribution is 6.32. The number of ether oxygens (including phenoxy) is 1. The van der Waals surface area contributed by atoms with Gasteiger partial charge in [0.05, 0.1) is 0 Å². The Hall–Kier alpha value is -1.39. The fraction of sp³-hybridized carbons (Fsp3) is 0.0833. The Kier molecular flexibility index (Phi) is 3.99. The van der Waals surface area contributed by atoms with Crippen molar-refractivity contribution in [3.8, 4) is 5.75 Å². The van der Waals surface area contributed by atoms with Crippen molar-refractivity contribution in [2.45, 2.75) is 6.61 Å². The van der Waals surface area contributed by atoms with Crippen molar-refractivity contribution in [3.05, 3.63) is 57.8 Å². The van der Waals surface area contributed by atoms with Gasteiger partial charge in [0, 0.05) is 23.8 Å². The van der Waals surface area contributed by atoms with Crippen LogP contribution in [0.1, 0.15) is 5.56 Å². The van der Waals surface area contributed by atoms with Crippen molar-refractivity contribution in [1.82, 2.24) is 4.98 Å². The Morgan fingerprint density at radius 1 is 1.06 bits per heavy atom. The van der Waals surface area contributed by atoms with Crippen LogP contribution in [0.3, 0.4) is 0 Å². The van der Waals surface area contributed by atoms with E-state index in [0.717, 1.165) is 18.2 Å². The zero-order valence-electron chi connectivity index (χ0n) is 8.96. The van der Waals surface area contributed by atoms with Gasteiger partial charge in [0.25, 0.3) is 0 Å². The smallest absolute Gasteiger partial charge is 0.137 e. The molecule has 0 aliphatic carbocycles. The summed E-state index contributed by atoms with van der Waals surface area (Å²) < 4.78 is 31.0. The molecule has 1 aromatic carbocycles. The fourth-order valence-corrected chi connectivity index (χ4v) is 1.72. The minimum atomic E-state index is -0.703. The number of halogens is 4. The van der Waals surface area contributed by atoms with Gasteiger partial charge in [-0.25, -0.2) is 13.8 Å². The van der Waals surface area contributed by atoms with E-state index in [1.165, 1.54) is 0 Å². The van der Waals surface area contributed by atoms with Crippen LogP contribution in [0.2, 0.25) is 10.3 Å². The molecular formula is C12H7Cl2F2NO. The Morgan fingerprint density at radius 3 is 2.33 bits per heavy atom. The summed E-state index contributed by atoms with van der Waals surface area (Å²) in [4.78, 5) is 3.82. The van der Waals surface area contributed by atoms with E-state index < -0.39 is 11.6 Å². The Balaban J connectivity index is 2.11. The minimum absolute atomic E-state index is 0.0475. The first-order valence-corrected chi connectivity index (χ1v) is 5.70. The van der Waals surface area contributed by atoms with Gasteiger partial charge in [-0.05, 0) is 12.1 Å². The summed E-state index contributed by atoms with van der Waals surface area (Å²) in [7, 11) is 0. The third kappa shape index (κ3) is 3.31. The molecule has 1 heterocycles. The maximum Gasteiger partial charge on any atom is 0.137 e. The molecule has 0 spiro atoms. The fourth-order valence-electron chi connectivity index (χ4n) is 1.32. The standard InChI is InChI=1S/C12H7Cl2F2NO/c13-11-2-1-7(12(14)17-11)6-18-10-4-8(15)3-9(16)5-10/h1-5H,6H2. The van der Waals surface area contributed by atoms with Crippen molar-refractivity contribution < 1.29 is 13.5 Å². The van der Waals surface area contributed by atoms with Crippen LogP contribution >= 0.6 is 23.2 Å². The van der Waals surface area contributed by atoms with Gasteiger partial charge in [-0.2, -0.15) is 0 Å². The molecule has 0 saturated carbocycles. The number of benzene rings is 1. The first-order chi connectivity index (χ1) is 8.54. The molecule has 0 fully saturated rings. The molecule has 18 heavy (non-hydrogen) atoms. The van der Waals surface area contributed by atoms with Gasteiger partial charge >= 0.3 is 0 Å². The number of pyridine rings is 1. The molecule has 2 rings (SSSR count). The van der Waals surface area contributed by atoms with Gasteiger partial charge in [0.2, 0.25) is 0 Å². The van der Waals surface area contributed by atoms with E-state index in [4.69, 9.17) is 27.9 Å². The quantitative estimate of drug-likeness (QED) is 0.788. The van der Waals surface area contributed by atoms with Gasteiger partial charge in [-0.15, -0.1) is 0 Å². The average molecular weight is 290 g/mol. The number of nitrogens with zero attached hydrogens (tertiary/aromatic N) is 1. The average Bonchev–Trinajstić information content (AvgIpc) is 2.26. The Labute approximate surface area is 112 Å². The number of rotatable bonds is 3. The molecule has 0 amide bonds. The highest BCUT2D eigenvalue weighted by Gasteiger charge is 2.06. The third-order valence-corrected chi connectivity index (χ3v) is 2.66. The zero-order valence-corrected chi connectivity index (χ0v) is 10.5. The van der Waals surface area contributed by atoms with Crippen molar-refractivity contribution in [2.75, 3.05) is 0 Å². The topological polar surface area (TPSA) is 22.1 Å². The number of hydrogen-bond donors (Lipinski definition) is 0. The molecule has 6 heteroatoms. The van der Waals surface area contributed by atoms with Crippen LogP contribution in [-0.4, -0.2) is 4.98 Å². The Bertz CT molecular complexity index is 558. The lowest BCUT2D eigenvalue weighted by Gasteiger charge is -2.07. The van der Waals surface area contributed by atoms with Gasteiger partial charge in [-0.1, -0.05) is 23.2 Å². The summed E-state index contributed by atoms with van der Waals surface area (Å²) in [5.74, 6) is -1.32. The van der Waals surface area contributed by atoms with Crippen LogP contribution < -0.4 is 4.74 Å². The minimum Gasteiger partial charge on any atom is -0.489 e. The molecule has 0 bridgehead atoms. The predicted molar refractivity (Wildman–Crippen MR) is 64.9 cm³/mol. The predicted octanol–water partition coefficient (Wildman–Crippen LogP) is 4.25. The highest BCUT2D eigenvalue weighted by Crippen LogP contribution is 2.20. The second kappa shape index (κ2) is 5.50. The molecule has 2 nitrogen and oxygen atoms in total. The first-order valence-electron chi connectivity index (χ1n) is 4.94. The van der Waals surface area contributed by atoms with E-state index >= 15 is 0 Å². The van der Waals surface area contributed by atoms with Crippen LogP contribution in [0.15, 0.2) is 30.3 Å². The maximum atomic E-state index is 12.9. The molecule has 2 aromatic rings. The van der Waals surface area contributed by atoms with Crippen molar-refractivity contribution >= 4 is 23.2 Å². The molecule has 0 atom stereocenters. The second-order valence-corrected chi connectivity index (χ2v) is 4.22. The summed E-state index contributed by atoms with van der Waals surface area (Å²) in [5, 5.41) is 0.458. The van der Waals surface area contributed by atoms with Gasteiger partial charge in [0.15, 0.2) is 0 Å². The summed E-state index contributed by atoms with van der Waals surface area (Å²) in [5.41, 5.74) is 0.575. The molecule has 0 radical (unpaired) electrons. The van der Waals surface area contributed by atoms with Crippen LogP contribution in [-0.2, 0) is 6.61 Å². The molecule has 0 unspecified atom stereocenters. The van der Waals surface area contributed by atoms with Crippen LogP contribution in [0.25, 0.3) is 0 Å². The van der Waals surface area contributed by atoms with Crippen LogP contribution in [0.5, 0.6) is 5.75 Å². The lowest BCUT2D eigenvalue weighted by Crippen LogP contribution is -1.98. The van der Waals surface area contributed by atoms with Gasteiger partial charge < -0.3 is 4.74 Å². The zero-order chi connectivity index (χ0) is 13.1. The molecule has 0 N–H and O–H groups in total. The summed E-state index contributed by atoms with van der Waals surface area (Å²) in [6.45, 7) is 0.0475. The SMILES string of the molecule is Fc1cc(F)cc(OCc2ccc(Cl)nc2Cl)c1. The number of hydrogen-bond acceptors (Lipinski definition) is 2. The molecule has 94 valence electrons. The molecule has 0 aliphatic rings. The van der Waals surface area contributed by atoms with E-state index in [9.17, 15) is 8.78 Å². The lowest BCUT2D eigenvalue weighted by molar-refractivity contribution is 0.302. The summed E-state index contributed by atoms with van der Waals surface area (Å²) in [6, 6.07) is 6.12. The van der Waals surface area contributed by atoms with Crippen molar-refractivity contribution in [1.29, 1.82) is 0 Å². The van der Waals surface area contributed by atoms with Crippen molar-refractivity contribution in [3.63, 3.8) is 0 Å². The largest absolute Gasteiger partial charge is 0.489 e. The van der Waals surface area contributed by atoms with Gasteiger partial charge in [-0.3, -0.25) is 0 Å². The molecule has 0 aliphatic heterocycles. The van der Waals surface area contributed by atoms with E-state index in [1.54, 1.807) is 12.1 Å². The third-order valence-electron chi connectivity index (χ3n) is 2.12. The molecular weight excluding hydrogens is 283 g/mol. The van der Waals surface area contributed by atoms with E-state index in [-0.39, 0.29) is 22.7 Å². The van der Waals surface area contributed by atoms with E-state index in [0.29, 0.717) is 5.56 Å². The maximum absolute atomic E-state index is 12.9. The molecule has 0 saturated heterocycles. The Morgan fingerprint density at radius 2 is 1.72 bits per heavy atom. The van der Waals surface area contributed by atoms with Gasteiger partial charge in [0.1, 0.15) is 34.3 Å². The van der Waals surface area contributed by atoms with Crippen LogP contribution in [0, 0.1) is 11.6 Å². The summed E-state index contributed by atoms with van der Waals surface area (Å²) >= 11 is 11.5. The first kappa shape index (κ1) is 13.1. The highest BCUT2D eigenvalue weighted by atomic mass is 35.5. The molecule has 1 aromatic heterocycles. The number of aromatic nitrogens is 1. The van der Waals surface area contributed by atoms with E-state index in [1.807, 2.05) is 0 Å².